The van der Waals surface area contributed by atoms with Crippen LogP contribution in [0, 0.1) is 0 Å². The SMILES string of the molecule is O=P(O)(O)CNCC(NCP(=O)(O)O)(P(=O)(O)O)P(=O)(O)O. The molecule has 0 radical (unpaired) electrons. The predicted octanol–water partition coefficient (Wildman–Crippen LogP) is -2.55. The molecule has 134 valence electrons. The van der Waals surface area contributed by atoms with Gasteiger partial charge in [-0.05, 0) is 0 Å². The second kappa shape index (κ2) is 7.18. The Morgan fingerprint density at radius 2 is 1.05 bits per heavy atom. The van der Waals surface area contributed by atoms with Crippen LogP contribution in [0.1, 0.15) is 0 Å². The van der Waals surface area contributed by atoms with Crippen molar-refractivity contribution in [3.8, 4) is 0 Å². The average Bonchev–Trinajstić information content (AvgIpc) is 2.15. The second-order valence-corrected chi connectivity index (χ2v) is 11.5. The Kier molecular flexibility index (Phi) is 7.35. The lowest BCUT2D eigenvalue weighted by molar-refractivity contribution is 0.283. The van der Waals surface area contributed by atoms with Gasteiger partial charge in [0.15, 0.2) is 0 Å². The molecule has 0 aromatic heterocycles. The third-order valence-corrected chi connectivity index (χ3v) is 7.55. The first kappa shape index (κ1) is 22.5. The Balaban J connectivity index is 5.61. The Hall–Kier alpha value is 0.520. The summed E-state index contributed by atoms with van der Waals surface area (Å²) >= 11 is 0. The van der Waals surface area contributed by atoms with Gasteiger partial charge in [0.1, 0.15) is 6.29 Å². The van der Waals surface area contributed by atoms with E-state index in [4.69, 9.17) is 39.1 Å². The standard InChI is InChI=1S/C4H16N2O12P4/c7-19(8,9)2-5-1-4(21(13,14)15,22(16,17)18)6-3-20(10,11)12/h5-6H,1-3H2,(H2,7,8,9)(H2,10,11,12)(H2,13,14,15)(H2,16,17,18). The van der Waals surface area contributed by atoms with E-state index in [-0.39, 0.29) is 0 Å². The Bertz CT molecular complexity index is 544. The summed E-state index contributed by atoms with van der Waals surface area (Å²) in [6, 6.07) is 0. The summed E-state index contributed by atoms with van der Waals surface area (Å²) in [5.74, 6) is 0. The molecule has 0 saturated carbocycles. The van der Waals surface area contributed by atoms with Gasteiger partial charge in [-0.25, -0.2) is 0 Å². The summed E-state index contributed by atoms with van der Waals surface area (Å²) in [6.07, 6.45) is -2.66. The topological polar surface area (TPSA) is 254 Å². The molecular formula is C4H16N2O12P4. The van der Waals surface area contributed by atoms with Crippen molar-refractivity contribution in [2.24, 2.45) is 0 Å². The quantitative estimate of drug-likeness (QED) is 0.176. The summed E-state index contributed by atoms with van der Waals surface area (Å²) in [6.45, 7) is -1.37. The Morgan fingerprint density at radius 1 is 0.682 bits per heavy atom. The number of hydrogen-bond donors (Lipinski definition) is 10. The van der Waals surface area contributed by atoms with Crippen LogP contribution in [0.15, 0.2) is 0 Å². The average molecular weight is 408 g/mol. The summed E-state index contributed by atoms with van der Waals surface area (Å²) in [5, 5.41) is -0.275. The molecule has 0 aromatic carbocycles. The molecule has 0 aliphatic heterocycles. The largest absolute Gasteiger partial charge is 0.359 e. The van der Waals surface area contributed by atoms with Crippen molar-refractivity contribution in [2.45, 2.75) is 5.02 Å². The first-order valence-electron chi connectivity index (χ1n) is 5.07. The van der Waals surface area contributed by atoms with Crippen molar-refractivity contribution in [2.75, 3.05) is 19.1 Å². The molecule has 18 heteroatoms. The normalized spacial score (nSPS) is 15.1. The van der Waals surface area contributed by atoms with E-state index in [1.807, 2.05) is 0 Å². The van der Waals surface area contributed by atoms with E-state index >= 15 is 0 Å². The van der Waals surface area contributed by atoms with Gasteiger partial charge in [0.05, 0.1) is 6.29 Å². The molecule has 0 fully saturated rings. The van der Waals surface area contributed by atoms with Crippen LogP contribution in [-0.4, -0.2) is 63.3 Å². The molecule has 10 N–H and O–H groups in total. The maximum absolute atomic E-state index is 11.4. The van der Waals surface area contributed by atoms with Gasteiger partial charge in [0.2, 0.25) is 5.02 Å². The summed E-state index contributed by atoms with van der Waals surface area (Å²) in [4.78, 5) is 71.2. The Morgan fingerprint density at radius 3 is 1.32 bits per heavy atom. The van der Waals surface area contributed by atoms with Crippen LogP contribution >= 0.6 is 30.4 Å². The van der Waals surface area contributed by atoms with Crippen LogP contribution in [-0.2, 0) is 18.3 Å². The van der Waals surface area contributed by atoms with Crippen molar-refractivity contribution in [3.63, 3.8) is 0 Å². The number of nitrogens with one attached hydrogen (secondary N) is 2. The van der Waals surface area contributed by atoms with Gasteiger partial charge in [-0.2, -0.15) is 0 Å². The van der Waals surface area contributed by atoms with E-state index in [9.17, 15) is 18.3 Å². The third-order valence-electron chi connectivity index (χ3n) is 2.22. The molecule has 0 bridgehead atoms. The lowest BCUT2D eigenvalue weighted by Gasteiger charge is -2.35. The molecule has 0 heterocycles. The summed E-state index contributed by atoms with van der Waals surface area (Å²) in [5.41, 5.74) is 0. The maximum atomic E-state index is 11.4. The molecule has 22 heavy (non-hydrogen) atoms. The summed E-state index contributed by atoms with van der Waals surface area (Å²) < 4.78 is 44.2. The molecule has 0 aliphatic carbocycles. The van der Waals surface area contributed by atoms with Crippen molar-refractivity contribution in [3.05, 3.63) is 0 Å². The fourth-order valence-corrected chi connectivity index (χ4v) is 4.94. The van der Waals surface area contributed by atoms with E-state index in [1.54, 1.807) is 5.32 Å². The molecule has 0 aromatic rings. The van der Waals surface area contributed by atoms with Gasteiger partial charge in [-0.1, -0.05) is 0 Å². The van der Waals surface area contributed by atoms with Gasteiger partial charge < -0.3 is 44.5 Å². The van der Waals surface area contributed by atoms with E-state index < -0.39 is 54.5 Å². The second-order valence-electron chi connectivity index (χ2n) is 4.15. The minimum atomic E-state index is -5.73. The van der Waals surface area contributed by atoms with Crippen molar-refractivity contribution < 1.29 is 57.4 Å². The zero-order valence-electron chi connectivity index (χ0n) is 10.6. The minimum absolute atomic E-state index is 1.17. The maximum Gasteiger partial charge on any atom is 0.359 e. The molecule has 0 spiro atoms. The van der Waals surface area contributed by atoms with Crippen LogP contribution in [0.4, 0.5) is 0 Å². The third kappa shape index (κ3) is 6.96. The van der Waals surface area contributed by atoms with E-state index in [2.05, 4.69) is 0 Å². The molecule has 0 aliphatic rings. The predicted molar refractivity (Wildman–Crippen MR) is 71.8 cm³/mol. The monoisotopic (exact) mass is 408 g/mol. The molecule has 0 amide bonds. The van der Waals surface area contributed by atoms with Crippen molar-refractivity contribution in [1.82, 2.24) is 10.6 Å². The fourth-order valence-electron chi connectivity index (χ4n) is 1.25. The van der Waals surface area contributed by atoms with E-state index in [1.165, 1.54) is 5.32 Å². The fraction of sp³-hybridized carbons (Fsp3) is 1.00. The molecule has 0 saturated heterocycles. The first-order valence-corrected chi connectivity index (χ1v) is 11.9. The van der Waals surface area contributed by atoms with Gasteiger partial charge >= 0.3 is 30.4 Å². The highest BCUT2D eigenvalue weighted by atomic mass is 31.2. The molecule has 0 atom stereocenters. The van der Waals surface area contributed by atoms with Crippen LogP contribution in [0.2, 0.25) is 0 Å². The zero-order chi connectivity index (χ0) is 18.0. The highest BCUT2D eigenvalue weighted by Gasteiger charge is 2.60. The van der Waals surface area contributed by atoms with Gasteiger partial charge in [-0.3, -0.25) is 23.6 Å². The molecular weight excluding hydrogens is 392 g/mol. The lowest BCUT2D eigenvalue weighted by atomic mass is 10.6. The molecule has 14 nitrogen and oxygen atoms in total. The highest BCUT2D eigenvalue weighted by Crippen LogP contribution is 2.67. The van der Waals surface area contributed by atoms with Crippen LogP contribution in [0.5, 0.6) is 0 Å². The molecule has 0 rings (SSSR count). The van der Waals surface area contributed by atoms with Crippen molar-refractivity contribution >= 4 is 30.4 Å². The number of rotatable bonds is 9. The van der Waals surface area contributed by atoms with Crippen LogP contribution in [0.3, 0.4) is 0 Å². The lowest BCUT2D eigenvalue weighted by Crippen LogP contribution is -2.52. The summed E-state index contributed by atoms with van der Waals surface area (Å²) in [7, 11) is -21.1. The van der Waals surface area contributed by atoms with Gasteiger partial charge in [-0.15, -0.1) is 0 Å². The van der Waals surface area contributed by atoms with E-state index in [0.29, 0.717) is 0 Å². The minimum Gasteiger partial charge on any atom is -0.324 e. The smallest absolute Gasteiger partial charge is 0.324 e. The highest BCUT2D eigenvalue weighted by molar-refractivity contribution is 7.72. The van der Waals surface area contributed by atoms with Gasteiger partial charge in [0.25, 0.3) is 0 Å². The first-order chi connectivity index (χ1) is 9.41. The van der Waals surface area contributed by atoms with Crippen LogP contribution < -0.4 is 10.6 Å². The molecule has 0 unspecified atom stereocenters. The van der Waals surface area contributed by atoms with Gasteiger partial charge in [0, 0.05) is 6.54 Å². The number of hydrogen-bond acceptors (Lipinski definition) is 6. The zero-order valence-corrected chi connectivity index (χ0v) is 14.2. The van der Waals surface area contributed by atoms with Crippen molar-refractivity contribution in [1.29, 1.82) is 0 Å². The van der Waals surface area contributed by atoms with Crippen LogP contribution in [0.25, 0.3) is 0 Å². The Labute approximate surface area is 123 Å². The van der Waals surface area contributed by atoms with E-state index in [0.717, 1.165) is 0 Å².